The Balaban J connectivity index is 2.22. The molecule has 0 aromatic heterocycles. The minimum absolute atomic E-state index is 0.0631. The Hall–Kier alpha value is -0.570. The van der Waals surface area contributed by atoms with E-state index in [1.54, 1.807) is 0 Å². The second-order valence-corrected chi connectivity index (χ2v) is 4.43. The summed E-state index contributed by atoms with van der Waals surface area (Å²) in [4.78, 5) is 11.8. The molecular formula is C12H24N2O. The largest absolute Gasteiger partial charge is 0.354 e. The Bertz CT molecular complexity index is 184. The summed E-state index contributed by atoms with van der Waals surface area (Å²) < 4.78 is 0. The van der Waals surface area contributed by atoms with Gasteiger partial charge in [0.15, 0.2) is 0 Å². The monoisotopic (exact) mass is 212 g/mol. The van der Waals surface area contributed by atoms with Gasteiger partial charge in [-0.15, -0.1) is 0 Å². The highest BCUT2D eigenvalue weighted by molar-refractivity contribution is 5.81. The third-order valence-corrected chi connectivity index (χ3v) is 3.35. The second kappa shape index (κ2) is 6.83. The van der Waals surface area contributed by atoms with Crippen LogP contribution in [0.4, 0.5) is 0 Å². The molecule has 1 fully saturated rings. The SMILES string of the molecule is CCC(CC)CNC(=O)[C@H]1CCCCN1. The van der Waals surface area contributed by atoms with Crippen molar-refractivity contribution in [1.82, 2.24) is 10.6 Å². The highest BCUT2D eigenvalue weighted by Crippen LogP contribution is 2.08. The molecule has 3 nitrogen and oxygen atoms in total. The molecule has 1 amide bonds. The number of amides is 1. The summed E-state index contributed by atoms with van der Waals surface area (Å²) in [6.07, 6.45) is 5.67. The van der Waals surface area contributed by atoms with Crippen molar-refractivity contribution in [2.45, 2.75) is 52.0 Å². The first-order valence-electron chi connectivity index (χ1n) is 6.29. The van der Waals surface area contributed by atoms with Gasteiger partial charge in [-0.1, -0.05) is 33.1 Å². The van der Waals surface area contributed by atoms with Crippen LogP contribution in [-0.4, -0.2) is 25.0 Å². The van der Waals surface area contributed by atoms with Gasteiger partial charge in [0.1, 0.15) is 0 Å². The van der Waals surface area contributed by atoms with E-state index in [9.17, 15) is 4.79 Å². The first-order chi connectivity index (χ1) is 7.27. The van der Waals surface area contributed by atoms with Crippen molar-refractivity contribution in [2.24, 2.45) is 5.92 Å². The summed E-state index contributed by atoms with van der Waals surface area (Å²) in [5.41, 5.74) is 0. The summed E-state index contributed by atoms with van der Waals surface area (Å²) in [5, 5.41) is 6.32. The number of carbonyl (C=O) groups is 1. The number of carbonyl (C=O) groups excluding carboxylic acids is 1. The average molecular weight is 212 g/mol. The van der Waals surface area contributed by atoms with Crippen LogP contribution in [0.5, 0.6) is 0 Å². The minimum Gasteiger partial charge on any atom is -0.354 e. The highest BCUT2D eigenvalue weighted by atomic mass is 16.2. The summed E-state index contributed by atoms with van der Waals surface area (Å²) in [5.74, 6) is 0.833. The van der Waals surface area contributed by atoms with Gasteiger partial charge in [0.2, 0.25) is 5.91 Å². The van der Waals surface area contributed by atoms with Crippen LogP contribution in [-0.2, 0) is 4.79 Å². The predicted octanol–water partition coefficient (Wildman–Crippen LogP) is 1.68. The van der Waals surface area contributed by atoms with Crippen LogP contribution in [0.2, 0.25) is 0 Å². The molecule has 1 aliphatic heterocycles. The molecule has 1 heterocycles. The number of nitrogens with one attached hydrogen (secondary N) is 2. The van der Waals surface area contributed by atoms with Crippen molar-refractivity contribution in [2.75, 3.05) is 13.1 Å². The van der Waals surface area contributed by atoms with Crippen molar-refractivity contribution < 1.29 is 4.79 Å². The van der Waals surface area contributed by atoms with E-state index in [0.717, 1.165) is 32.4 Å². The first kappa shape index (κ1) is 12.5. The Morgan fingerprint density at radius 3 is 2.67 bits per heavy atom. The maximum atomic E-state index is 11.8. The van der Waals surface area contributed by atoms with Gasteiger partial charge in [-0.2, -0.15) is 0 Å². The fourth-order valence-corrected chi connectivity index (χ4v) is 2.02. The van der Waals surface area contributed by atoms with Crippen LogP contribution >= 0.6 is 0 Å². The molecule has 0 bridgehead atoms. The Morgan fingerprint density at radius 2 is 2.13 bits per heavy atom. The van der Waals surface area contributed by atoms with Crippen molar-refractivity contribution in [3.8, 4) is 0 Å². The molecule has 0 aromatic rings. The van der Waals surface area contributed by atoms with Crippen molar-refractivity contribution in [1.29, 1.82) is 0 Å². The van der Waals surface area contributed by atoms with E-state index in [2.05, 4.69) is 24.5 Å². The average Bonchev–Trinajstić information content (AvgIpc) is 2.31. The summed E-state index contributed by atoms with van der Waals surface area (Å²) in [7, 11) is 0. The van der Waals surface area contributed by atoms with E-state index in [4.69, 9.17) is 0 Å². The van der Waals surface area contributed by atoms with Crippen LogP contribution in [0.3, 0.4) is 0 Å². The molecule has 0 unspecified atom stereocenters. The lowest BCUT2D eigenvalue weighted by Crippen LogP contribution is -2.47. The minimum atomic E-state index is 0.0631. The summed E-state index contributed by atoms with van der Waals surface area (Å²) >= 11 is 0. The van der Waals surface area contributed by atoms with E-state index < -0.39 is 0 Å². The fourth-order valence-electron chi connectivity index (χ4n) is 2.02. The van der Waals surface area contributed by atoms with Gasteiger partial charge in [-0.25, -0.2) is 0 Å². The Kier molecular flexibility index (Phi) is 5.69. The normalized spacial score (nSPS) is 21.7. The second-order valence-electron chi connectivity index (χ2n) is 4.43. The molecular weight excluding hydrogens is 188 g/mol. The molecule has 0 radical (unpaired) electrons. The zero-order valence-corrected chi connectivity index (χ0v) is 10.0. The standard InChI is InChI=1S/C12H24N2O/c1-3-10(4-2)9-14-12(15)11-7-5-6-8-13-11/h10-11,13H,3-9H2,1-2H3,(H,14,15)/t11-/m1/s1. The Morgan fingerprint density at radius 1 is 1.40 bits per heavy atom. The van der Waals surface area contributed by atoms with Gasteiger partial charge in [0.25, 0.3) is 0 Å². The molecule has 1 saturated heterocycles. The van der Waals surface area contributed by atoms with Gasteiger partial charge >= 0.3 is 0 Å². The quantitative estimate of drug-likeness (QED) is 0.728. The lowest BCUT2D eigenvalue weighted by molar-refractivity contribution is -0.123. The smallest absolute Gasteiger partial charge is 0.237 e. The maximum Gasteiger partial charge on any atom is 0.237 e. The van der Waals surface area contributed by atoms with Gasteiger partial charge in [0.05, 0.1) is 6.04 Å². The first-order valence-corrected chi connectivity index (χ1v) is 6.29. The van der Waals surface area contributed by atoms with Crippen molar-refractivity contribution in [3.63, 3.8) is 0 Å². The predicted molar refractivity (Wildman–Crippen MR) is 62.7 cm³/mol. The molecule has 0 saturated carbocycles. The molecule has 2 N–H and O–H groups in total. The number of hydrogen-bond donors (Lipinski definition) is 2. The van der Waals surface area contributed by atoms with Gasteiger partial charge in [-0.05, 0) is 25.3 Å². The molecule has 1 atom stereocenters. The summed E-state index contributed by atoms with van der Waals surface area (Å²) in [6.45, 7) is 6.19. The fraction of sp³-hybridized carbons (Fsp3) is 0.917. The van der Waals surface area contributed by atoms with Crippen LogP contribution in [0.15, 0.2) is 0 Å². The topological polar surface area (TPSA) is 41.1 Å². The lowest BCUT2D eigenvalue weighted by Gasteiger charge is -2.23. The van der Waals surface area contributed by atoms with Crippen molar-refractivity contribution >= 4 is 5.91 Å². The molecule has 0 aromatic carbocycles. The van der Waals surface area contributed by atoms with E-state index in [0.29, 0.717) is 5.92 Å². The molecule has 3 heteroatoms. The van der Waals surface area contributed by atoms with Gasteiger partial charge < -0.3 is 10.6 Å². The zero-order chi connectivity index (χ0) is 11.1. The van der Waals surface area contributed by atoms with Crippen LogP contribution in [0, 0.1) is 5.92 Å². The number of piperidine rings is 1. The third kappa shape index (κ3) is 4.20. The zero-order valence-electron chi connectivity index (χ0n) is 10.0. The van der Waals surface area contributed by atoms with Crippen molar-refractivity contribution in [3.05, 3.63) is 0 Å². The molecule has 15 heavy (non-hydrogen) atoms. The van der Waals surface area contributed by atoms with Crippen LogP contribution in [0.25, 0.3) is 0 Å². The maximum absolute atomic E-state index is 11.8. The summed E-state index contributed by atoms with van der Waals surface area (Å²) in [6, 6.07) is 0.0631. The number of rotatable bonds is 5. The molecule has 0 spiro atoms. The molecule has 88 valence electrons. The third-order valence-electron chi connectivity index (χ3n) is 3.35. The van der Waals surface area contributed by atoms with E-state index in [1.165, 1.54) is 12.8 Å². The van der Waals surface area contributed by atoms with Crippen LogP contribution in [0.1, 0.15) is 46.0 Å². The van der Waals surface area contributed by atoms with E-state index >= 15 is 0 Å². The Labute approximate surface area is 93.0 Å². The molecule has 0 aliphatic carbocycles. The van der Waals surface area contributed by atoms with E-state index in [-0.39, 0.29) is 11.9 Å². The highest BCUT2D eigenvalue weighted by Gasteiger charge is 2.20. The van der Waals surface area contributed by atoms with Crippen LogP contribution < -0.4 is 10.6 Å². The van der Waals surface area contributed by atoms with Gasteiger partial charge in [-0.3, -0.25) is 4.79 Å². The van der Waals surface area contributed by atoms with Gasteiger partial charge in [0, 0.05) is 6.54 Å². The molecule has 1 aliphatic rings. The van der Waals surface area contributed by atoms with E-state index in [1.807, 2.05) is 0 Å². The number of hydrogen-bond acceptors (Lipinski definition) is 2. The molecule has 1 rings (SSSR count). The lowest BCUT2D eigenvalue weighted by atomic mass is 10.0.